The largest absolute Gasteiger partial charge is 0.504 e. The molecular weight excluding hydrogens is 266 g/mol. The number of phenols is 2. The Kier molecular flexibility index (Phi) is 4.06. The van der Waals surface area contributed by atoms with Gasteiger partial charge in [-0.05, 0) is 43.0 Å². The summed E-state index contributed by atoms with van der Waals surface area (Å²) in [5.41, 5.74) is 7.73. The fraction of sp³-hybridized carbons (Fsp3) is 0.529. The molecule has 0 radical (unpaired) electrons. The maximum atomic E-state index is 9.73. The summed E-state index contributed by atoms with van der Waals surface area (Å²) in [7, 11) is 0. The highest BCUT2D eigenvalue weighted by Crippen LogP contribution is 2.39. The van der Waals surface area contributed by atoms with Crippen molar-refractivity contribution in [1.29, 1.82) is 0 Å². The quantitative estimate of drug-likeness (QED) is 0.731. The number of hydrogen-bond donors (Lipinski definition) is 3. The van der Waals surface area contributed by atoms with Gasteiger partial charge in [0.1, 0.15) is 6.10 Å². The van der Waals surface area contributed by atoms with Crippen molar-refractivity contribution in [3.63, 3.8) is 0 Å². The van der Waals surface area contributed by atoms with E-state index in [1.165, 1.54) is 32.1 Å². The van der Waals surface area contributed by atoms with E-state index in [0.29, 0.717) is 18.9 Å². The summed E-state index contributed by atoms with van der Waals surface area (Å²) < 4.78 is 6.16. The van der Waals surface area contributed by atoms with Crippen LogP contribution in [-0.4, -0.2) is 16.8 Å². The topological polar surface area (TPSA) is 75.7 Å². The molecule has 114 valence electrons. The van der Waals surface area contributed by atoms with Crippen molar-refractivity contribution in [2.45, 2.75) is 44.6 Å². The highest BCUT2D eigenvalue weighted by Gasteiger charge is 2.26. The van der Waals surface area contributed by atoms with Crippen LogP contribution in [-0.2, 0) is 11.2 Å². The van der Waals surface area contributed by atoms with Gasteiger partial charge in [0.05, 0.1) is 5.76 Å². The average Bonchev–Trinajstić information content (AvgIpc) is 2.68. The van der Waals surface area contributed by atoms with Crippen LogP contribution >= 0.6 is 0 Å². The molecule has 1 unspecified atom stereocenters. The van der Waals surface area contributed by atoms with E-state index < -0.39 is 0 Å². The molecule has 1 aliphatic carbocycles. The summed E-state index contributed by atoms with van der Waals surface area (Å²) in [6, 6.07) is 3.21. The van der Waals surface area contributed by atoms with Crippen LogP contribution in [0.25, 0.3) is 0 Å². The van der Waals surface area contributed by atoms with Crippen LogP contribution in [0.4, 0.5) is 0 Å². The second-order valence-corrected chi connectivity index (χ2v) is 6.03. The number of phenolic OH excluding ortho intramolecular Hbond substituents is 2. The molecule has 4 heteroatoms. The standard InChI is InChI=1S/C17H23NO3/c18-10-17-13-9-15(20)14(19)8-12(13)6-7-16(21-17)11-4-2-1-3-5-11/h7-9,11,17,19-20H,1-6,10,18H2. The third kappa shape index (κ3) is 2.86. The van der Waals surface area contributed by atoms with Crippen LogP contribution in [0.1, 0.15) is 49.3 Å². The first-order valence-electron chi connectivity index (χ1n) is 7.80. The van der Waals surface area contributed by atoms with Crippen LogP contribution in [0.3, 0.4) is 0 Å². The van der Waals surface area contributed by atoms with E-state index in [4.69, 9.17) is 10.5 Å². The molecule has 0 bridgehead atoms. The number of rotatable bonds is 2. The Morgan fingerprint density at radius 3 is 2.52 bits per heavy atom. The predicted octanol–water partition coefficient (Wildman–Crippen LogP) is 3.13. The number of aromatic hydroxyl groups is 2. The Labute approximate surface area is 125 Å². The fourth-order valence-corrected chi connectivity index (χ4v) is 3.42. The van der Waals surface area contributed by atoms with E-state index in [1.807, 2.05) is 0 Å². The van der Waals surface area contributed by atoms with Crippen LogP contribution in [0.2, 0.25) is 0 Å². The smallest absolute Gasteiger partial charge is 0.157 e. The van der Waals surface area contributed by atoms with Gasteiger partial charge in [-0.25, -0.2) is 0 Å². The van der Waals surface area contributed by atoms with Crippen molar-refractivity contribution >= 4 is 0 Å². The van der Waals surface area contributed by atoms with E-state index in [0.717, 1.165) is 16.9 Å². The van der Waals surface area contributed by atoms with Crippen LogP contribution in [0.5, 0.6) is 11.5 Å². The lowest BCUT2D eigenvalue weighted by Crippen LogP contribution is -2.19. The van der Waals surface area contributed by atoms with E-state index >= 15 is 0 Å². The summed E-state index contributed by atoms with van der Waals surface area (Å²) in [6.07, 6.45) is 8.77. The summed E-state index contributed by atoms with van der Waals surface area (Å²) in [4.78, 5) is 0. The highest BCUT2D eigenvalue weighted by atomic mass is 16.5. The number of allylic oxidation sites excluding steroid dienone is 2. The van der Waals surface area contributed by atoms with Gasteiger partial charge in [0.2, 0.25) is 0 Å². The first-order chi connectivity index (χ1) is 10.2. The minimum absolute atomic E-state index is 0.0842. The molecule has 3 rings (SSSR count). The summed E-state index contributed by atoms with van der Waals surface area (Å²) in [6.45, 7) is 0.362. The van der Waals surface area contributed by atoms with Crippen molar-refractivity contribution in [2.75, 3.05) is 6.54 Å². The number of nitrogens with two attached hydrogens (primary N) is 1. The molecule has 21 heavy (non-hydrogen) atoms. The first kappa shape index (κ1) is 14.3. The Morgan fingerprint density at radius 1 is 1.10 bits per heavy atom. The molecule has 1 aromatic rings. The van der Waals surface area contributed by atoms with Crippen LogP contribution in [0.15, 0.2) is 24.0 Å². The molecule has 4 nitrogen and oxygen atoms in total. The van der Waals surface area contributed by atoms with Gasteiger partial charge in [-0.2, -0.15) is 0 Å². The molecule has 0 spiro atoms. The maximum absolute atomic E-state index is 9.73. The molecule has 1 atom stereocenters. The average molecular weight is 289 g/mol. The van der Waals surface area contributed by atoms with Crippen molar-refractivity contribution in [3.05, 3.63) is 35.1 Å². The number of hydrogen-bond acceptors (Lipinski definition) is 4. The predicted molar refractivity (Wildman–Crippen MR) is 81.0 cm³/mol. The molecule has 1 aromatic carbocycles. The minimum atomic E-state index is -0.248. The SMILES string of the molecule is NCC1OC(C2CCCCC2)=CCc2cc(O)c(O)cc21. The molecule has 4 N–H and O–H groups in total. The number of fused-ring (bicyclic) bond motifs is 1. The third-order valence-electron chi connectivity index (χ3n) is 4.61. The number of benzene rings is 1. The van der Waals surface area contributed by atoms with Crippen molar-refractivity contribution in [1.82, 2.24) is 0 Å². The van der Waals surface area contributed by atoms with Gasteiger partial charge in [-0.3, -0.25) is 0 Å². The van der Waals surface area contributed by atoms with Gasteiger partial charge in [0, 0.05) is 18.0 Å². The zero-order valence-electron chi connectivity index (χ0n) is 12.2. The molecule has 1 fully saturated rings. The Hall–Kier alpha value is -1.68. The molecule has 1 saturated carbocycles. The van der Waals surface area contributed by atoms with Gasteiger partial charge in [0.15, 0.2) is 11.5 Å². The Balaban J connectivity index is 1.90. The summed E-state index contributed by atoms with van der Waals surface area (Å²) in [5, 5.41) is 19.4. The van der Waals surface area contributed by atoms with Gasteiger partial charge in [0.25, 0.3) is 0 Å². The first-order valence-corrected chi connectivity index (χ1v) is 7.80. The fourth-order valence-electron chi connectivity index (χ4n) is 3.42. The van der Waals surface area contributed by atoms with Gasteiger partial charge in [-0.1, -0.05) is 19.3 Å². The minimum Gasteiger partial charge on any atom is -0.504 e. The lowest BCUT2D eigenvalue weighted by molar-refractivity contribution is 0.0909. The van der Waals surface area contributed by atoms with Crippen LogP contribution < -0.4 is 5.73 Å². The summed E-state index contributed by atoms with van der Waals surface area (Å²) >= 11 is 0. The summed E-state index contributed by atoms with van der Waals surface area (Å²) in [5.74, 6) is 1.33. The molecule has 1 aliphatic heterocycles. The Bertz CT molecular complexity index is 547. The van der Waals surface area contributed by atoms with Gasteiger partial charge in [-0.15, -0.1) is 0 Å². The zero-order valence-corrected chi connectivity index (χ0v) is 12.2. The normalized spacial score (nSPS) is 22.9. The second kappa shape index (κ2) is 5.98. The van der Waals surface area contributed by atoms with Crippen molar-refractivity contribution in [3.8, 4) is 11.5 Å². The highest BCUT2D eigenvalue weighted by molar-refractivity contribution is 5.48. The number of ether oxygens (including phenoxy) is 1. The molecule has 0 amide bonds. The van der Waals surface area contributed by atoms with E-state index in [-0.39, 0.29) is 17.6 Å². The van der Waals surface area contributed by atoms with Crippen molar-refractivity contribution < 1.29 is 14.9 Å². The molecular formula is C17H23NO3. The lowest BCUT2D eigenvalue weighted by Gasteiger charge is -2.27. The monoisotopic (exact) mass is 289 g/mol. The lowest BCUT2D eigenvalue weighted by atomic mass is 9.87. The van der Waals surface area contributed by atoms with Gasteiger partial charge < -0.3 is 20.7 Å². The zero-order chi connectivity index (χ0) is 14.8. The molecule has 1 heterocycles. The molecule has 0 aromatic heterocycles. The maximum Gasteiger partial charge on any atom is 0.157 e. The molecule has 0 saturated heterocycles. The van der Waals surface area contributed by atoms with Crippen molar-refractivity contribution in [2.24, 2.45) is 11.7 Å². The van der Waals surface area contributed by atoms with E-state index in [9.17, 15) is 10.2 Å². The second-order valence-electron chi connectivity index (χ2n) is 6.03. The third-order valence-corrected chi connectivity index (χ3v) is 4.61. The Morgan fingerprint density at radius 2 is 1.81 bits per heavy atom. The van der Waals surface area contributed by atoms with E-state index in [2.05, 4.69) is 6.08 Å². The van der Waals surface area contributed by atoms with Crippen LogP contribution in [0, 0.1) is 5.92 Å². The molecule has 2 aliphatic rings. The van der Waals surface area contributed by atoms with Gasteiger partial charge >= 0.3 is 0 Å². The van der Waals surface area contributed by atoms with E-state index in [1.54, 1.807) is 12.1 Å².